The van der Waals surface area contributed by atoms with E-state index in [9.17, 15) is 4.79 Å². The van der Waals surface area contributed by atoms with E-state index < -0.39 is 0 Å². The van der Waals surface area contributed by atoms with E-state index in [-0.39, 0.29) is 12.1 Å². The summed E-state index contributed by atoms with van der Waals surface area (Å²) in [5.74, 6) is 0.449. The summed E-state index contributed by atoms with van der Waals surface area (Å²) in [4.78, 5) is 18.8. The number of rotatable bonds is 6. The number of nitrogens with one attached hydrogen (secondary N) is 2. The van der Waals surface area contributed by atoms with Crippen LogP contribution in [0.4, 0.5) is 4.79 Å². The van der Waals surface area contributed by atoms with Crippen LogP contribution in [0.1, 0.15) is 18.2 Å². The Morgan fingerprint density at radius 2 is 1.96 bits per heavy atom. The van der Waals surface area contributed by atoms with Crippen molar-refractivity contribution in [1.82, 2.24) is 20.5 Å². The summed E-state index contributed by atoms with van der Waals surface area (Å²) >= 11 is 0. The zero-order valence-electron chi connectivity index (χ0n) is 14.7. The molecule has 2 amide bonds. The van der Waals surface area contributed by atoms with Gasteiger partial charge in [-0.1, -0.05) is 43.3 Å². The van der Waals surface area contributed by atoms with Crippen LogP contribution in [0.2, 0.25) is 0 Å². The van der Waals surface area contributed by atoms with E-state index >= 15 is 0 Å². The van der Waals surface area contributed by atoms with Gasteiger partial charge in [0.1, 0.15) is 0 Å². The van der Waals surface area contributed by atoms with E-state index in [1.807, 2.05) is 24.3 Å². The lowest BCUT2D eigenvalue weighted by atomic mass is 10.1. The van der Waals surface area contributed by atoms with Gasteiger partial charge in [0.15, 0.2) is 0 Å². The third-order valence-corrected chi connectivity index (χ3v) is 4.65. The van der Waals surface area contributed by atoms with E-state index in [1.54, 1.807) is 6.20 Å². The highest BCUT2D eigenvalue weighted by Crippen LogP contribution is 2.18. The van der Waals surface area contributed by atoms with Crippen molar-refractivity contribution in [2.45, 2.75) is 25.9 Å². The second kappa shape index (κ2) is 8.62. The number of pyridine rings is 1. The van der Waals surface area contributed by atoms with Gasteiger partial charge in [0, 0.05) is 50.5 Å². The number of nitrogens with zero attached hydrogens (tertiary/aromatic N) is 2. The number of aromatic nitrogens is 1. The van der Waals surface area contributed by atoms with Crippen LogP contribution in [-0.4, -0.2) is 41.6 Å². The van der Waals surface area contributed by atoms with Crippen LogP contribution >= 0.6 is 0 Å². The number of hydrogen-bond donors (Lipinski definition) is 2. The molecule has 1 saturated heterocycles. The highest BCUT2D eigenvalue weighted by atomic mass is 16.2. The Kier molecular flexibility index (Phi) is 6.01. The van der Waals surface area contributed by atoms with Crippen molar-refractivity contribution in [2.75, 3.05) is 19.6 Å². The Morgan fingerprint density at radius 3 is 2.72 bits per heavy atom. The minimum absolute atomic E-state index is 0.0886. The monoisotopic (exact) mass is 338 g/mol. The molecular weight excluding hydrogens is 312 g/mol. The Balaban J connectivity index is 1.40. The van der Waals surface area contributed by atoms with Crippen LogP contribution in [0.3, 0.4) is 0 Å². The summed E-state index contributed by atoms with van der Waals surface area (Å²) in [7, 11) is 0. The predicted molar refractivity (Wildman–Crippen MR) is 99.1 cm³/mol. The van der Waals surface area contributed by atoms with Crippen LogP contribution in [0.25, 0.3) is 0 Å². The minimum Gasteiger partial charge on any atom is -0.338 e. The summed E-state index contributed by atoms with van der Waals surface area (Å²) in [6.45, 7) is 5.63. The fourth-order valence-corrected chi connectivity index (χ4v) is 3.30. The number of carbonyl (C=O) groups excluding carboxylic acids is 1. The highest BCUT2D eigenvalue weighted by Gasteiger charge is 2.30. The third-order valence-electron chi connectivity index (χ3n) is 4.65. The largest absolute Gasteiger partial charge is 0.338 e. The van der Waals surface area contributed by atoms with E-state index in [4.69, 9.17) is 0 Å². The molecular formula is C20H26N4O. The number of carbonyl (C=O) groups is 1. The minimum atomic E-state index is -0.0886. The molecule has 1 aliphatic rings. The molecule has 1 fully saturated rings. The van der Waals surface area contributed by atoms with Gasteiger partial charge in [0.2, 0.25) is 0 Å². The Morgan fingerprint density at radius 1 is 1.16 bits per heavy atom. The first-order chi connectivity index (χ1) is 12.2. The number of urea groups is 1. The second-order valence-electron chi connectivity index (χ2n) is 6.73. The first-order valence-corrected chi connectivity index (χ1v) is 8.91. The molecule has 0 bridgehead atoms. The van der Waals surface area contributed by atoms with Crippen LogP contribution in [0.15, 0.2) is 54.7 Å². The lowest BCUT2D eigenvalue weighted by molar-refractivity contribution is 0.234. The van der Waals surface area contributed by atoms with Crippen molar-refractivity contribution in [3.63, 3.8) is 0 Å². The summed E-state index contributed by atoms with van der Waals surface area (Å²) in [5, 5.41) is 6.05. The van der Waals surface area contributed by atoms with Gasteiger partial charge in [0.05, 0.1) is 0 Å². The molecule has 2 atom stereocenters. The molecule has 1 aromatic heterocycles. The Hall–Kier alpha value is -2.40. The van der Waals surface area contributed by atoms with Crippen LogP contribution in [0.5, 0.6) is 0 Å². The predicted octanol–water partition coefficient (Wildman–Crippen LogP) is 2.44. The molecule has 1 aliphatic heterocycles. The SMILES string of the molecule is CC1CN(Cc2ccccc2)CC1NC(=O)NCCc1ccccn1. The Bertz CT molecular complexity index is 662. The summed E-state index contributed by atoms with van der Waals surface area (Å²) in [6.07, 6.45) is 2.52. The number of amides is 2. The van der Waals surface area contributed by atoms with E-state index in [2.05, 4.69) is 51.7 Å². The first kappa shape index (κ1) is 17.4. The quantitative estimate of drug-likeness (QED) is 0.851. The van der Waals surface area contributed by atoms with Crippen molar-refractivity contribution >= 4 is 6.03 Å². The van der Waals surface area contributed by atoms with Gasteiger partial charge < -0.3 is 10.6 Å². The van der Waals surface area contributed by atoms with Crippen LogP contribution in [-0.2, 0) is 13.0 Å². The summed E-state index contributed by atoms with van der Waals surface area (Å²) in [5.41, 5.74) is 2.31. The Labute approximate surface area is 149 Å². The molecule has 0 aliphatic carbocycles. The maximum Gasteiger partial charge on any atom is 0.315 e. The second-order valence-corrected chi connectivity index (χ2v) is 6.73. The van der Waals surface area contributed by atoms with Crippen molar-refractivity contribution in [3.8, 4) is 0 Å². The standard InChI is InChI=1S/C20H26N4O/c1-16-13-24(14-17-7-3-2-4-8-17)15-19(16)23-20(25)22-12-10-18-9-5-6-11-21-18/h2-9,11,16,19H,10,12-15H2,1H3,(H2,22,23,25). The molecule has 1 aromatic carbocycles. The molecule has 132 valence electrons. The normalized spacial score (nSPS) is 20.4. The van der Waals surface area contributed by atoms with Crippen LogP contribution in [0, 0.1) is 5.92 Å². The average Bonchev–Trinajstić information content (AvgIpc) is 2.96. The van der Waals surface area contributed by atoms with E-state index in [1.165, 1.54) is 5.56 Å². The molecule has 5 heteroatoms. The van der Waals surface area contributed by atoms with Gasteiger partial charge in [-0.15, -0.1) is 0 Å². The van der Waals surface area contributed by atoms with E-state index in [0.717, 1.165) is 31.7 Å². The molecule has 2 aromatic rings. The summed E-state index contributed by atoms with van der Waals surface area (Å²) in [6, 6.07) is 16.4. The van der Waals surface area contributed by atoms with E-state index in [0.29, 0.717) is 12.5 Å². The van der Waals surface area contributed by atoms with Crippen molar-refractivity contribution in [2.24, 2.45) is 5.92 Å². The molecule has 2 N–H and O–H groups in total. The number of hydrogen-bond acceptors (Lipinski definition) is 3. The molecule has 0 saturated carbocycles. The molecule has 3 rings (SSSR count). The van der Waals surface area contributed by atoms with Crippen molar-refractivity contribution in [3.05, 3.63) is 66.0 Å². The lowest BCUT2D eigenvalue weighted by Crippen LogP contribution is -2.45. The smallest absolute Gasteiger partial charge is 0.315 e. The zero-order chi connectivity index (χ0) is 17.5. The van der Waals surface area contributed by atoms with Crippen molar-refractivity contribution in [1.29, 1.82) is 0 Å². The third kappa shape index (κ3) is 5.29. The fraction of sp³-hybridized carbons (Fsp3) is 0.400. The maximum atomic E-state index is 12.1. The van der Waals surface area contributed by atoms with Crippen molar-refractivity contribution < 1.29 is 4.79 Å². The fourth-order valence-electron chi connectivity index (χ4n) is 3.30. The van der Waals surface area contributed by atoms with Gasteiger partial charge in [0.25, 0.3) is 0 Å². The van der Waals surface area contributed by atoms with Gasteiger partial charge in [-0.05, 0) is 23.6 Å². The molecule has 5 nitrogen and oxygen atoms in total. The topological polar surface area (TPSA) is 57.3 Å². The molecule has 2 unspecified atom stereocenters. The average molecular weight is 338 g/mol. The highest BCUT2D eigenvalue weighted by molar-refractivity contribution is 5.74. The number of benzene rings is 1. The zero-order valence-corrected chi connectivity index (χ0v) is 14.7. The van der Waals surface area contributed by atoms with Gasteiger partial charge in [-0.2, -0.15) is 0 Å². The van der Waals surface area contributed by atoms with Crippen LogP contribution < -0.4 is 10.6 Å². The molecule has 0 radical (unpaired) electrons. The van der Waals surface area contributed by atoms with Gasteiger partial charge >= 0.3 is 6.03 Å². The molecule has 25 heavy (non-hydrogen) atoms. The summed E-state index contributed by atoms with van der Waals surface area (Å²) < 4.78 is 0. The lowest BCUT2D eigenvalue weighted by Gasteiger charge is -2.18. The first-order valence-electron chi connectivity index (χ1n) is 8.91. The van der Waals surface area contributed by atoms with Gasteiger partial charge in [-0.25, -0.2) is 4.79 Å². The number of likely N-dealkylation sites (tertiary alicyclic amines) is 1. The molecule has 0 spiro atoms. The van der Waals surface area contributed by atoms with Gasteiger partial charge in [-0.3, -0.25) is 9.88 Å². The maximum absolute atomic E-state index is 12.1. The molecule has 2 heterocycles.